The maximum absolute atomic E-state index is 11.1. The van der Waals surface area contributed by atoms with E-state index in [0.29, 0.717) is 6.04 Å². The van der Waals surface area contributed by atoms with Gasteiger partial charge in [0.25, 0.3) is 0 Å². The number of rotatable bonds is 9. The molecule has 1 amide bonds. The smallest absolute Gasteiger partial charge is 0.221 e. The average Bonchev–Trinajstić information content (AvgIpc) is 3.30. The van der Waals surface area contributed by atoms with Crippen LogP contribution in [0.4, 0.5) is 5.69 Å². The SMILES string of the molecule is CCNC(=NCC(c1ccccc1)N1CCCC1)NCCc1ccc(NC(C)=O)cc1.I. The van der Waals surface area contributed by atoms with Gasteiger partial charge in [0.15, 0.2) is 5.96 Å². The number of likely N-dealkylation sites (tertiary alicyclic amines) is 1. The lowest BCUT2D eigenvalue weighted by molar-refractivity contribution is -0.114. The molecule has 1 aliphatic heterocycles. The van der Waals surface area contributed by atoms with Gasteiger partial charge in [-0.05, 0) is 62.5 Å². The van der Waals surface area contributed by atoms with E-state index in [0.717, 1.165) is 50.8 Å². The molecule has 0 spiro atoms. The summed E-state index contributed by atoms with van der Waals surface area (Å²) < 4.78 is 0. The van der Waals surface area contributed by atoms with Crippen molar-refractivity contribution in [3.63, 3.8) is 0 Å². The summed E-state index contributed by atoms with van der Waals surface area (Å²) >= 11 is 0. The minimum absolute atomic E-state index is 0. The molecule has 1 heterocycles. The fraction of sp³-hybridized carbons (Fsp3) is 0.440. The molecule has 0 radical (unpaired) electrons. The van der Waals surface area contributed by atoms with E-state index in [-0.39, 0.29) is 29.9 Å². The Hall–Kier alpha value is -2.13. The zero-order valence-electron chi connectivity index (χ0n) is 19.1. The van der Waals surface area contributed by atoms with E-state index in [9.17, 15) is 4.79 Å². The number of nitrogens with one attached hydrogen (secondary N) is 3. The Morgan fingerprint density at radius 2 is 1.72 bits per heavy atom. The quantitative estimate of drug-likeness (QED) is 0.249. The molecule has 3 N–H and O–H groups in total. The molecule has 1 aliphatic rings. The van der Waals surface area contributed by atoms with Crippen molar-refractivity contribution in [2.24, 2.45) is 4.99 Å². The number of carbonyl (C=O) groups is 1. The normalized spacial score (nSPS) is 15.0. The monoisotopic (exact) mass is 549 g/mol. The molecular formula is C25H36IN5O. The van der Waals surface area contributed by atoms with Crippen molar-refractivity contribution in [2.45, 2.75) is 39.2 Å². The number of guanidine groups is 1. The first-order chi connectivity index (χ1) is 15.2. The first-order valence-electron chi connectivity index (χ1n) is 11.3. The molecule has 174 valence electrons. The maximum atomic E-state index is 11.1. The zero-order chi connectivity index (χ0) is 21.9. The Morgan fingerprint density at radius 1 is 1.03 bits per heavy atom. The number of anilines is 1. The second-order valence-electron chi connectivity index (χ2n) is 7.94. The van der Waals surface area contributed by atoms with Crippen LogP contribution in [0.5, 0.6) is 0 Å². The fourth-order valence-electron chi connectivity index (χ4n) is 3.96. The van der Waals surface area contributed by atoms with Crippen LogP contribution >= 0.6 is 24.0 Å². The zero-order valence-corrected chi connectivity index (χ0v) is 21.5. The molecule has 1 atom stereocenters. The lowest BCUT2D eigenvalue weighted by Crippen LogP contribution is -2.39. The minimum atomic E-state index is -0.0522. The predicted octanol–water partition coefficient (Wildman–Crippen LogP) is 4.20. The van der Waals surface area contributed by atoms with Crippen molar-refractivity contribution < 1.29 is 4.79 Å². The number of hydrogen-bond donors (Lipinski definition) is 3. The van der Waals surface area contributed by atoms with Crippen molar-refractivity contribution in [1.29, 1.82) is 0 Å². The summed E-state index contributed by atoms with van der Waals surface area (Å²) in [5.41, 5.74) is 3.38. The van der Waals surface area contributed by atoms with Crippen molar-refractivity contribution in [2.75, 3.05) is 38.0 Å². The van der Waals surface area contributed by atoms with E-state index < -0.39 is 0 Å². The molecule has 3 rings (SSSR count). The molecule has 0 aromatic heterocycles. The summed E-state index contributed by atoms with van der Waals surface area (Å²) in [5, 5.41) is 9.63. The molecule has 0 bridgehead atoms. The molecular weight excluding hydrogens is 513 g/mol. The van der Waals surface area contributed by atoms with Gasteiger partial charge in [0.1, 0.15) is 0 Å². The van der Waals surface area contributed by atoms with E-state index in [2.05, 4.69) is 70.2 Å². The van der Waals surface area contributed by atoms with E-state index in [1.807, 2.05) is 12.1 Å². The van der Waals surface area contributed by atoms with Gasteiger partial charge in [0.05, 0.1) is 12.6 Å². The highest BCUT2D eigenvalue weighted by Crippen LogP contribution is 2.25. The standard InChI is InChI=1S/C25H35N5O.HI/c1-3-26-25(27-16-15-21-11-13-23(14-12-21)29-20(2)31)28-19-24(30-17-7-8-18-30)22-9-5-4-6-10-22;/h4-6,9-14,24H,3,7-8,15-19H2,1-2H3,(H,29,31)(H2,26,27,28);1H. The van der Waals surface area contributed by atoms with Crippen LogP contribution in [-0.2, 0) is 11.2 Å². The Labute approximate surface area is 209 Å². The number of hydrogen-bond acceptors (Lipinski definition) is 3. The van der Waals surface area contributed by atoms with Gasteiger partial charge in [-0.25, -0.2) is 0 Å². The third-order valence-corrected chi connectivity index (χ3v) is 5.51. The lowest BCUT2D eigenvalue weighted by atomic mass is 10.1. The topological polar surface area (TPSA) is 68.8 Å². The molecule has 0 saturated carbocycles. The number of halogens is 1. The summed E-state index contributed by atoms with van der Waals surface area (Å²) in [6.07, 6.45) is 3.43. The summed E-state index contributed by atoms with van der Waals surface area (Å²) in [6.45, 7) is 8.27. The molecule has 1 unspecified atom stereocenters. The van der Waals surface area contributed by atoms with E-state index in [1.54, 1.807) is 0 Å². The van der Waals surface area contributed by atoms with Crippen molar-refractivity contribution in [1.82, 2.24) is 15.5 Å². The molecule has 1 fully saturated rings. The lowest BCUT2D eigenvalue weighted by Gasteiger charge is -2.27. The molecule has 2 aromatic rings. The van der Waals surface area contributed by atoms with Crippen molar-refractivity contribution in [3.05, 3.63) is 65.7 Å². The summed E-state index contributed by atoms with van der Waals surface area (Å²) in [6, 6.07) is 19.0. The van der Waals surface area contributed by atoms with Gasteiger partial charge < -0.3 is 16.0 Å². The van der Waals surface area contributed by atoms with Crippen LogP contribution < -0.4 is 16.0 Å². The van der Waals surface area contributed by atoms with Gasteiger partial charge in [-0.3, -0.25) is 14.7 Å². The van der Waals surface area contributed by atoms with Gasteiger partial charge in [0, 0.05) is 25.7 Å². The Morgan fingerprint density at radius 3 is 2.34 bits per heavy atom. The Bertz CT molecular complexity index is 835. The summed E-state index contributed by atoms with van der Waals surface area (Å²) in [4.78, 5) is 18.6. The van der Waals surface area contributed by atoms with Gasteiger partial charge in [-0.15, -0.1) is 24.0 Å². The van der Waals surface area contributed by atoms with Gasteiger partial charge >= 0.3 is 0 Å². The third kappa shape index (κ3) is 8.43. The van der Waals surface area contributed by atoms with Crippen LogP contribution in [0.15, 0.2) is 59.6 Å². The first kappa shape index (κ1) is 26.1. The highest BCUT2D eigenvalue weighted by molar-refractivity contribution is 14.0. The molecule has 2 aromatic carbocycles. The number of aliphatic imine (C=N–C) groups is 1. The highest BCUT2D eigenvalue weighted by atomic mass is 127. The Kier molecular flexibility index (Phi) is 11.5. The second-order valence-corrected chi connectivity index (χ2v) is 7.94. The van der Waals surface area contributed by atoms with Crippen LogP contribution in [0.1, 0.15) is 43.9 Å². The Balaban J connectivity index is 0.00000363. The van der Waals surface area contributed by atoms with E-state index >= 15 is 0 Å². The minimum Gasteiger partial charge on any atom is -0.357 e. The predicted molar refractivity (Wildman–Crippen MR) is 144 cm³/mol. The highest BCUT2D eigenvalue weighted by Gasteiger charge is 2.23. The number of carbonyl (C=O) groups excluding carboxylic acids is 1. The van der Waals surface area contributed by atoms with Crippen molar-refractivity contribution in [3.8, 4) is 0 Å². The molecule has 0 aliphatic carbocycles. The van der Waals surface area contributed by atoms with Gasteiger partial charge in [-0.2, -0.15) is 0 Å². The van der Waals surface area contributed by atoms with Gasteiger partial charge in [0.2, 0.25) is 5.91 Å². The second kappa shape index (κ2) is 14.1. The van der Waals surface area contributed by atoms with Crippen LogP contribution in [0, 0.1) is 0 Å². The van der Waals surface area contributed by atoms with Crippen LogP contribution in [0.25, 0.3) is 0 Å². The third-order valence-electron chi connectivity index (χ3n) is 5.51. The first-order valence-corrected chi connectivity index (χ1v) is 11.3. The van der Waals surface area contributed by atoms with Crippen LogP contribution in [0.3, 0.4) is 0 Å². The number of benzene rings is 2. The fourth-order valence-corrected chi connectivity index (χ4v) is 3.96. The average molecular weight is 550 g/mol. The molecule has 6 nitrogen and oxygen atoms in total. The van der Waals surface area contributed by atoms with Gasteiger partial charge in [-0.1, -0.05) is 42.5 Å². The maximum Gasteiger partial charge on any atom is 0.221 e. The van der Waals surface area contributed by atoms with Crippen LogP contribution in [0.2, 0.25) is 0 Å². The number of amides is 1. The van der Waals surface area contributed by atoms with Crippen molar-refractivity contribution >= 4 is 41.5 Å². The summed E-state index contributed by atoms with van der Waals surface area (Å²) in [5.74, 6) is 0.807. The summed E-state index contributed by atoms with van der Waals surface area (Å²) in [7, 11) is 0. The number of nitrogens with zero attached hydrogens (tertiary/aromatic N) is 2. The molecule has 1 saturated heterocycles. The van der Waals surface area contributed by atoms with Crippen LogP contribution in [-0.4, -0.2) is 49.5 Å². The molecule has 32 heavy (non-hydrogen) atoms. The van der Waals surface area contributed by atoms with E-state index in [4.69, 9.17) is 4.99 Å². The largest absolute Gasteiger partial charge is 0.357 e. The van der Waals surface area contributed by atoms with E-state index in [1.165, 1.54) is 30.9 Å². The molecule has 7 heteroatoms.